The fourth-order valence-electron chi connectivity index (χ4n) is 1.16. The van der Waals surface area contributed by atoms with E-state index in [4.69, 9.17) is 5.73 Å². The molecule has 1 atom stereocenters. The van der Waals surface area contributed by atoms with Crippen molar-refractivity contribution in [3.05, 3.63) is 11.9 Å². The van der Waals surface area contributed by atoms with E-state index in [2.05, 4.69) is 36.4 Å². The van der Waals surface area contributed by atoms with E-state index in [-0.39, 0.29) is 23.9 Å². The van der Waals surface area contributed by atoms with Gasteiger partial charge in [-0.2, -0.15) is 0 Å². The lowest BCUT2D eigenvalue weighted by molar-refractivity contribution is -0.123. The normalized spacial score (nSPS) is 13.5. The molecule has 3 N–H and O–H groups in total. The molecule has 1 aromatic rings. The van der Waals surface area contributed by atoms with Gasteiger partial charge in [0.2, 0.25) is 5.91 Å². The molecule has 1 unspecified atom stereocenters. The average Bonchev–Trinajstić information content (AvgIpc) is 2.63. The highest BCUT2D eigenvalue weighted by Crippen LogP contribution is 2.18. The first-order valence-corrected chi connectivity index (χ1v) is 5.71. The van der Waals surface area contributed by atoms with Crippen molar-refractivity contribution in [3.63, 3.8) is 0 Å². The predicted octanol–water partition coefficient (Wildman–Crippen LogP) is 0.288. The van der Waals surface area contributed by atoms with Crippen molar-refractivity contribution in [3.8, 4) is 0 Å². The second kappa shape index (κ2) is 5.27. The Morgan fingerprint density at radius 3 is 2.71 bits per heavy atom. The summed E-state index contributed by atoms with van der Waals surface area (Å²) in [5.74, 6) is -0.0686. The molecule has 6 nitrogen and oxygen atoms in total. The van der Waals surface area contributed by atoms with Gasteiger partial charge in [0.15, 0.2) is 0 Å². The second-order valence-corrected chi connectivity index (χ2v) is 5.27. The molecule has 0 aliphatic carbocycles. The van der Waals surface area contributed by atoms with Crippen molar-refractivity contribution in [1.29, 1.82) is 0 Å². The smallest absolute Gasteiger partial charge is 0.242 e. The Bertz CT molecular complexity index is 379. The third-order valence-corrected chi connectivity index (χ3v) is 2.78. The highest BCUT2D eigenvalue weighted by molar-refractivity contribution is 5.75. The molecule has 1 heterocycles. The molecule has 0 spiro atoms. The quantitative estimate of drug-likeness (QED) is 0.790. The largest absolute Gasteiger partial charge is 0.352 e. The Kier molecular flexibility index (Phi) is 4.22. The van der Waals surface area contributed by atoms with Crippen LogP contribution in [0.3, 0.4) is 0 Å². The Morgan fingerprint density at radius 1 is 1.59 bits per heavy atom. The van der Waals surface area contributed by atoms with Gasteiger partial charge in [0.25, 0.3) is 0 Å². The van der Waals surface area contributed by atoms with E-state index >= 15 is 0 Å². The summed E-state index contributed by atoms with van der Waals surface area (Å²) in [4.78, 5) is 11.7. The third kappa shape index (κ3) is 4.14. The van der Waals surface area contributed by atoms with Crippen molar-refractivity contribution in [2.45, 2.75) is 46.8 Å². The van der Waals surface area contributed by atoms with E-state index in [1.807, 2.05) is 6.92 Å². The highest BCUT2D eigenvalue weighted by Gasteiger charge is 2.21. The molecular weight excluding hydrogens is 218 g/mol. The molecule has 96 valence electrons. The van der Waals surface area contributed by atoms with Crippen molar-refractivity contribution in [2.24, 2.45) is 11.1 Å². The molecule has 0 radical (unpaired) electrons. The zero-order chi connectivity index (χ0) is 13.1. The van der Waals surface area contributed by atoms with Gasteiger partial charge in [-0.05, 0) is 12.3 Å². The summed E-state index contributed by atoms with van der Waals surface area (Å²) in [5.41, 5.74) is 6.14. The lowest BCUT2D eigenvalue weighted by Gasteiger charge is -2.27. The maximum Gasteiger partial charge on any atom is 0.242 e. The van der Waals surface area contributed by atoms with Crippen molar-refractivity contribution < 1.29 is 4.79 Å². The molecule has 0 bridgehead atoms. The summed E-state index contributed by atoms with van der Waals surface area (Å²) >= 11 is 0. The molecular formula is C11H21N5O. The summed E-state index contributed by atoms with van der Waals surface area (Å²) in [7, 11) is 0. The van der Waals surface area contributed by atoms with Crippen LogP contribution in [-0.4, -0.2) is 26.9 Å². The van der Waals surface area contributed by atoms with Gasteiger partial charge in [-0.25, -0.2) is 4.68 Å². The number of rotatable bonds is 4. The molecule has 1 rings (SSSR count). The number of amides is 1. The maximum absolute atomic E-state index is 11.7. The molecule has 0 fully saturated rings. The van der Waals surface area contributed by atoms with E-state index < -0.39 is 0 Å². The van der Waals surface area contributed by atoms with Gasteiger partial charge in [0.05, 0.1) is 11.9 Å². The molecule has 0 aliphatic heterocycles. The summed E-state index contributed by atoms with van der Waals surface area (Å²) < 4.78 is 1.49. The van der Waals surface area contributed by atoms with Gasteiger partial charge < -0.3 is 11.1 Å². The van der Waals surface area contributed by atoms with Crippen molar-refractivity contribution in [1.82, 2.24) is 20.3 Å². The van der Waals surface area contributed by atoms with Crippen LogP contribution in [0.15, 0.2) is 6.20 Å². The van der Waals surface area contributed by atoms with Crippen LogP contribution >= 0.6 is 0 Å². The molecule has 1 aromatic heterocycles. The molecule has 0 aliphatic rings. The number of carbonyl (C=O) groups excluding carboxylic acids is 1. The van der Waals surface area contributed by atoms with Gasteiger partial charge in [-0.3, -0.25) is 4.79 Å². The van der Waals surface area contributed by atoms with Crippen LogP contribution in [-0.2, 0) is 17.9 Å². The van der Waals surface area contributed by atoms with Gasteiger partial charge in [-0.1, -0.05) is 26.0 Å². The fourth-order valence-corrected chi connectivity index (χ4v) is 1.16. The summed E-state index contributed by atoms with van der Waals surface area (Å²) in [6.07, 6.45) is 1.68. The van der Waals surface area contributed by atoms with E-state index in [1.165, 1.54) is 4.68 Å². The van der Waals surface area contributed by atoms with Crippen LogP contribution in [0.25, 0.3) is 0 Å². The molecule has 0 aromatic carbocycles. The molecule has 6 heteroatoms. The number of nitrogens with two attached hydrogens (primary N) is 1. The maximum atomic E-state index is 11.7. The number of hydrogen-bond acceptors (Lipinski definition) is 4. The van der Waals surface area contributed by atoms with E-state index in [9.17, 15) is 4.79 Å². The van der Waals surface area contributed by atoms with Gasteiger partial charge in [-0.15, -0.1) is 5.10 Å². The second-order valence-electron chi connectivity index (χ2n) is 5.27. The number of nitrogens with one attached hydrogen (secondary N) is 1. The topological polar surface area (TPSA) is 85.8 Å². The van der Waals surface area contributed by atoms with Gasteiger partial charge in [0.1, 0.15) is 6.54 Å². The Balaban J connectivity index is 2.50. The Labute approximate surface area is 102 Å². The number of hydrogen-bond donors (Lipinski definition) is 2. The van der Waals surface area contributed by atoms with Crippen LogP contribution in [0.1, 0.15) is 33.4 Å². The SMILES string of the molecule is CC(NC(=O)Cn1cc(CN)nn1)C(C)(C)C. The van der Waals surface area contributed by atoms with Crippen LogP contribution in [0.5, 0.6) is 0 Å². The zero-order valence-electron chi connectivity index (χ0n) is 10.9. The standard InChI is InChI=1S/C11H21N5O/c1-8(11(2,3)4)13-10(17)7-16-6-9(5-12)14-15-16/h6,8H,5,7,12H2,1-4H3,(H,13,17). The minimum atomic E-state index is -0.0686. The van der Waals surface area contributed by atoms with Crippen LogP contribution in [0.2, 0.25) is 0 Å². The highest BCUT2D eigenvalue weighted by atomic mass is 16.2. The number of aromatic nitrogens is 3. The molecule has 17 heavy (non-hydrogen) atoms. The van der Waals surface area contributed by atoms with Crippen LogP contribution in [0, 0.1) is 5.41 Å². The Hall–Kier alpha value is -1.43. The van der Waals surface area contributed by atoms with Gasteiger partial charge in [0, 0.05) is 12.6 Å². The lowest BCUT2D eigenvalue weighted by atomic mass is 9.88. The average molecular weight is 239 g/mol. The van der Waals surface area contributed by atoms with Crippen molar-refractivity contribution in [2.75, 3.05) is 0 Å². The van der Waals surface area contributed by atoms with E-state index in [1.54, 1.807) is 6.20 Å². The number of carbonyl (C=O) groups is 1. The van der Waals surface area contributed by atoms with Crippen LogP contribution < -0.4 is 11.1 Å². The Morgan fingerprint density at radius 2 is 2.24 bits per heavy atom. The van der Waals surface area contributed by atoms with E-state index in [0.29, 0.717) is 12.2 Å². The first kappa shape index (κ1) is 13.6. The van der Waals surface area contributed by atoms with E-state index in [0.717, 1.165) is 0 Å². The molecule has 0 saturated carbocycles. The fraction of sp³-hybridized carbons (Fsp3) is 0.727. The minimum absolute atomic E-state index is 0.0421. The lowest BCUT2D eigenvalue weighted by Crippen LogP contribution is -2.42. The summed E-state index contributed by atoms with van der Waals surface area (Å²) in [6.45, 7) is 8.75. The first-order chi connectivity index (χ1) is 7.82. The monoisotopic (exact) mass is 239 g/mol. The molecule has 0 saturated heterocycles. The number of nitrogens with zero attached hydrogens (tertiary/aromatic N) is 3. The third-order valence-electron chi connectivity index (χ3n) is 2.78. The summed E-state index contributed by atoms with van der Waals surface area (Å²) in [5, 5.41) is 10.6. The van der Waals surface area contributed by atoms with Crippen LogP contribution in [0.4, 0.5) is 0 Å². The first-order valence-electron chi connectivity index (χ1n) is 5.71. The van der Waals surface area contributed by atoms with Gasteiger partial charge >= 0.3 is 0 Å². The zero-order valence-corrected chi connectivity index (χ0v) is 10.9. The van der Waals surface area contributed by atoms with Crippen molar-refractivity contribution >= 4 is 5.91 Å². The minimum Gasteiger partial charge on any atom is -0.352 e. The molecule has 1 amide bonds. The predicted molar refractivity (Wildman–Crippen MR) is 65.0 cm³/mol. The summed E-state index contributed by atoms with van der Waals surface area (Å²) in [6, 6.07) is 0.104.